The molecule has 2 aliphatic heterocycles. The van der Waals surface area contributed by atoms with Crippen molar-refractivity contribution in [1.82, 2.24) is 20.2 Å². The molecule has 5 heteroatoms. The van der Waals surface area contributed by atoms with E-state index >= 15 is 0 Å². The van der Waals surface area contributed by atoms with Gasteiger partial charge in [0.25, 0.3) is 0 Å². The Morgan fingerprint density at radius 1 is 0.962 bits per heavy atom. The van der Waals surface area contributed by atoms with Gasteiger partial charge in [-0.3, -0.25) is 9.88 Å². The molecular weight excluding hydrogens is 322 g/mol. The van der Waals surface area contributed by atoms with E-state index in [1.54, 1.807) is 0 Å². The Morgan fingerprint density at radius 3 is 2.27 bits per heavy atom. The van der Waals surface area contributed by atoms with Crippen molar-refractivity contribution in [2.75, 3.05) is 31.1 Å². The molecule has 138 valence electrons. The van der Waals surface area contributed by atoms with Crippen molar-refractivity contribution in [2.45, 2.75) is 45.3 Å². The van der Waals surface area contributed by atoms with E-state index in [1.165, 1.54) is 18.4 Å². The summed E-state index contributed by atoms with van der Waals surface area (Å²) in [5, 5.41) is 3.59. The third kappa shape index (κ3) is 4.05. The van der Waals surface area contributed by atoms with Gasteiger partial charge in [-0.15, -0.1) is 0 Å². The van der Waals surface area contributed by atoms with Crippen LogP contribution < -0.4 is 10.2 Å². The number of nitrogens with one attached hydrogen (secondary N) is 1. The van der Waals surface area contributed by atoms with Crippen LogP contribution in [0.4, 0.5) is 5.82 Å². The predicted molar refractivity (Wildman–Crippen MR) is 106 cm³/mol. The lowest BCUT2D eigenvalue weighted by Gasteiger charge is -2.36. The number of hydrogen-bond acceptors (Lipinski definition) is 5. The SMILES string of the molecule is C[C@@H]1CN(Cc2ccc(-c3cnc(N4CCCC4)cn3)cc2)C[C@H](C)N1. The van der Waals surface area contributed by atoms with E-state index < -0.39 is 0 Å². The summed E-state index contributed by atoms with van der Waals surface area (Å²) >= 11 is 0. The van der Waals surface area contributed by atoms with Crippen LogP contribution in [-0.2, 0) is 6.54 Å². The second kappa shape index (κ2) is 7.72. The summed E-state index contributed by atoms with van der Waals surface area (Å²) in [6.07, 6.45) is 6.34. The van der Waals surface area contributed by atoms with Crippen molar-refractivity contribution in [3.63, 3.8) is 0 Å². The van der Waals surface area contributed by atoms with E-state index in [0.717, 1.165) is 49.8 Å². The number of aromatic nitrogens is 2. The van der Waals surface area contributed by atoms with E-state index in [0.29, 0.717) is 12.1 Å². The molecule has 1 N–H and O–H groups in total. The highest BCUT2D eigenvalue weighted by Crippen LogP contribution is 2.21. The van der Waals surface area contributed by atoms with Gasteiger partial charge in [-0.05, 0) is 32.3 Å². The van der Waals surface area contributed by atoms with E-state index in [-0.39, 0.29) is 0 Å². The third-order valence-electron chi connectivity index (χ3n) is 5.36. The second-order valence-corrected chi connectivity index (χ2v) is 7.81. The fourth-order valence-corrected chi connectivity index (χ4v) is 4.19. The first-order chi connectivity index (χ1) is 12.7. The zero-order valence-corrected chi connectivity index (χ0v) is 15.9. The average molecular weight is 351 g/mol. The monoisotopic (exact) mass is 351 g/mol. The molecule has 0 aliphatic carbocycles. The van der Waals surface area contributed by atoms with E-state index in [2.05, 4.69) is 63.2 Å². The molecule has 0 radical (unpaired) electrons. The minimum absolute atomic E-state index is 0.558. The van der Waals surface area contributed by atoms with Crippen molar-refractivity contribution >= 4 is 5.82 Å². The molecule has 0 bridgehead atoms. The van der Waals surface area contributed by atoms with E-state index in [1.807, 2.05) is 12.4 Å². The molecule has 2 fully saturated rings. The largest absolute Gasteiger partial charge is 0.355 e. The van der Waals surface area contributed by atoms with Crippen LogP contribution in [-0.4, -0.2) is 53.1 Å². The Hall–Kier alpha value is -1.98. The predicted octanol–water partition coefficient (Wildman–Crippen LogP) is 2.93. The van der Waals surface area contributed by atoms with Crippen LogP contribution in [0.15, 0.2) is 36.7 Å². The van der Waals surface area contributed by atoms with Crippen LogP contribution in [0.1, 0.15) is 32.3 Å². The standard InChI is InChI=1S/C21H29N5/c1-16-13-25(14-17(2)24-16)15-18-5-7-19(8-6-18)20-11-23-21(12-22-20)26-9-3-4-10-26/h5-8,11-12,16-17,24H,3-4,9-10,13-15H2,1-2H3/t16-,17+. The lowest BCUT2D eigenvalue weighted by atomic mass is 10.1. The van der Waals surface area contributed by atoms with Gasteiger partial charge in [-0.25, -0.2) is 4.98 Å². The normalized spacial score (nSPS) is 24.2. The van der Waals surface area contributed by atoms with Crippen molar-refractivity contribution in [1.29, 1.82) is 0 Å². The highest BCUT2D eigenvalue weighted by molar-refractivity contribution is 5.59. The topological polar surface area (TPSA) is 44.3 Å². The van der Waals surface area contributed by atoms with Crippen molar-refractivity contribution in [3.8, 4) is 11.3 Å². The van der Waals surface area contributed by atoms with Crippen LogP contribution in [0, 0.1) is 0 Å². The van der Waals surface area contributed by atoms with Gasteiger partial charge >= 0.3 is 0 Å². The van der Waals surface area contributed by atoms with Gasteiger partial charge in [0.15, 0.2) is 0 Å². The second-order valence-electron chi connectivity index (χ2n) is 7.81. The maximum atomic E-state index is 4.64. The Kier molecular flexibility index (Phi) is 5.18. The molecule has 2 aromatic rings. The van der Waals surface area contributed by atoms with E-state index in [4.69, 9.17) is 0 Å². The molecule has 1 aromatic heterocycles. The van der Waals surface area contributed by atoms with Crippen molar-refractivity contribution in [2.24, 2.45) is 0 Å². The number of benzene rings is 1. The molecule has 0 unspecified atom stereocenters. The lowest BCUT2D eigenvalue weighted by Crippen LogP contribution is -2.53. The highest BCUT2D eigenvalue weighted by Gasteiger charge is 2.20. The number of anilines is 1. The molecule has 3 heterocycles. The average Bonchev–Trinajstić information content (AvgIpc) is 3.16. The van der Waals surface area contributed by atoms with E-state index in [9.17, 15) is 0 Å². The molecule has 26 heavy (non-hydrogen) atoms. The molecule has 2 atom stereocenters. The molecule has 5 nitrogen and oxygen atoms in total. The molecule has 2 aliphatic rings. The molecule has 0 amide bonds. The van der Waals surface area contributed by atoms with Gasteiger partial charge in [-0.1, -0.05) is 24.3 Å². The van der Waals surface area contributed by atoms with Crippen LogP contribution in [0.25, 0.3) is 11.3 Å². The third-order valence-corrected chi connectivity index (χ3v) is 5.36. The fourth-order valence-electron chi connectivity index (χ4n) is 4.19. The van der Waals surface area contributed by atoms with Gasteiger partial charge in [0, 0.05) is 50.4 Å². The smallest absolute Gasteiger partial charge is 0.147 e. The van der Waals surface area contributed by atoms with Crippen LogP contribution in [0.3, 0.4) is 0 Å². The maximum absolute atomic E-state index is 4.64. The van der Waals surface area contributed by atoms with Gasteiger partial charge in [0.1, 0.15) is 5.82 Å². The summed E-state index contributed by atoms with van der Waals surface area (Å²) in [6, 6.07) is 9.91. The van der Waals surface area contributed by atoms with Crippen molar-refractivity contribution < 1.29 is 0 Å². The summed E-state index contributed by atoms with van der Waals surface area (Å²) in [5.41, 5.74) is 3.44. The molecule has 0 spiro atoms. The Balaban J connectivity index is 1.40. The molecule has 4 rings (SSSR count). The number of hydrogen-bond donors (Lipinski definition) is 1. The summed E-state index contributed by atoms with van der Waals surface area (Å²) in [6.45, 7) is 9.95. The summed E-state index contributed by atoms with van der Waals surface area (Å²) in [5.74, 6) is 1.00. The highest BCUT2D eigenvalue weighted by atomic mass is 15.2. The van der Waals surface area contributed by atoms with Crippen LogP contribution in [0.2, 0.25) is 0 Å². The number of piperazine rings is 1. The fraction of sp³-hybridized carbons (Fsp3) is 0.524. The summed E-state index contributed by atoms with van der Waals surface area (Å²) in [7, 11) is 0. The quantitative estimate of drug-likeness (QED) is 0.917. The van der Waals surface area contributed by atoms with Crippen LogP contribution in [0.5, 0.6) is 0 Å². The Labute approximate surface area is 156 Å². The molecular formula is C21H29N5. The molecule has 0 saturated carbocycles. The van der Waals surface area contributed by atoms with Crippen LogP contribution >= 0.6 is 0 Å². The molecule has 1 aromatic carbocycles. The summed E-state index contributed by atoms with van der Waals surface area (Å²) < 4.78 is 0. The number of nitrogens with zero attached hydrogens (tertiary/aromatic N) is 4. The zero-order valence-electron chi connectivity index (χ0n) is 15.9. The number of rotatable bonds is 4. The first kappa shape index (κ1) is 17.4. The summed E-state index contributed by atoms with van der Waals surface area (Å²) in [4.78, 5) is 14.1. The molecule has 2 saturated heterocycles. The first-order valence-electron chi connectivity index (χ1n) is 9.82. The minimum Gasteiger partial charge on any atom is -0.355 e. The minimum atomic E-state index is 0.558. The van der Waals surface area contributed by atoms with Gasteiger partial charge in [-0.2, -0.15) is 0 Å². The Bertz CT molecular complexity index is 696. The van der Waals surface area contributed by atoms with Gasteiger partial charge in [0.2, 0.25) is 0 Å². The van der Waals surface area contributed by atoms with Gasteiger partial charge < -0.3 is 10.2 Å². The van der Waals surface area contributed by atoms with Gasteiger partial charge in [0.05, 0.1) is 18.1 Å². The maximum Gasteiger partial charge on any atom is 0.147 e. The first-order valence-corrected chi connectivity index (χ1v) is 9.82. The lowest BCUT2D eigenvalue weighted by molar-refractivity contribution is 0.166. The van der Waals surface area contributed by atoms with Crippen molar-refractivity contribution in [3.05, 3.63) is 42.2 Å². The zero-order chi connectivity index (χ0) is 17.9. The Morgan fingerprint density at radius 2 is 1.65 bits per heavy atom.